The van der Waals surface area contributed by atoms with Crippen molar-refractivity contribution in [3.8, 4) is 0 Å². The van der Waals surface area contributed by atoms with Crippen LogP contribution < -0.4 is 0 Å². The van der Waals surface area contributed by atoms with Crippen LogP contribution in [0.25, 0.3) is 0 Å². The number of hydrogen-bond acceptors (Lipinski definition) is 3. The van der Waals surface area contributed by atoms with Gasteiger partial charge in [-0.25, -0.2) is 0 Å². The Labute approximate surface area is 105 Å². The first kappa shape index (κ1) is 12.0. The first-order chi connectivity index (χ1) is 8.09. The SMILES string of the molecule is CC(C)c1n[nH]c(=S)n1CCc1ccnn1C. The normalized spacial score (nSPS) is 11.3. The van der Waals surface area contributed by atoms with Crippen molar-refractivity contribution in [3.63, 3.8) is 0 Å². The third kappa shape index (κ3) is 2.46. The molecule has 0 saturated carbocycles. The lowest BCUT2D eigenvalue weighted by Crippen LogP contribution is -2.09. The van der Waals surface area contributed by atoms with Crippen LogP contribution in [0.3, 0.4) is 0 Å². The van der Waals surface area contributed by atoms with Gasteiger partial charge in [-0.15, -0.1) is 0 Å². The highest BCUT2D eigenvalue weighted by molar-refractivity contribution is 7.71. The second-order valence-corrected chi connectivity index (χ2v) is 4.78. The van der Waals surface area contributed by atoms with Crippen molar-refractivity contribution in [2.45, 2.75) is 32.7 Å². The standard InChI is InChI=1S/C11H17N5S/c1-8(2)10-13-14-11(17)16(10)7-5-9-4-6-12-15(9)3/h4,6,8H,5,7H2,1-3H3,(H,14,17). The van der Waals surface area contributed by atoms with E-state index in [-0.39, 0.29) is 0 Å². The zero-order valence-electron chi connectivity index (χ0n) is 10.3. The third-order valence-corrected chi connectivity index (χ3v) is 3.13. The van der Waals surface area contributed by atoms with Gasteiger partial charge in [-0.3, -0.25) is 9.78 Å². The van der Waals surface area contributed by atoms with Crippen LogP contribution in [-0.2, 0) is 20.0 Å². The highest BCUT2D eigenvalue weighted by Gasteiger charge is 2.10. The van der Waals surface area contributed by atoms with Gasteiger partial charge in [0.15, 0.2) is 4.77 Å². The van der Waals surface area contributed by atoms with E-state index in [0.29, 0.717) is 10.7 Å². The molecule has 0 saturated heterocycles. The number of aromatic amines is 1. The van der Waals surface area contributed by atoms with E-state index in [4.69, 9.17) is 12.2 Å². The fraction of sp³-hybridized carbons (Fsp3) is 0.545. The van der Waals surface area contributed by atoms with E-state index in [1.165, 1.54) is 5.69 Å². The number of aromatic nitrogens is 5. The average molecular weight is 251 g/mol. The smallest absolute Gasteiger partial charge is 0.195 e. The Balaban J connectivity index is 2.17. The van der Waals surface area contributed by atoms with Gasteiger partial charge in [-0.1, -0.05) is 13.8 Å². The molecule has 0 unspecified atom stereocenters. The minimum atomic E-state index is 0.370. The van der Waals surface area contributed by atoms with Crippen molar-refractivity contribution in [2.75, 3.05) is 0 Å². The number of aryl methyl sites for hydroxylation is 2. The molecule has 0 aliphatic rings. The second-order valence-electron chi connectivity index (χ2n) is 4.39. The van der Waals surface area contributed by atoms with Gasteiger partial charge in [-0.05, 0) is 18.3 Å². The summed E-state index contributed by atoms with van der Waals surface area (Å²) in [7, 11) is 1.95. The summed E-state index contributed by atoms with van der Waals surface area (Å²) in [6.45, 7) is 5.07. The van der Waals surface area contributed by atoms with Crippen molar-refractivity contribution >= 4 is 12.2 Å². The summed E-state index contributed by atoms with van der Waals surface area (Å²) in [5, 5.41) is 11.3. The predicted octanol–water partition coefficient (Wildman–Crippen LogP) is 2.04. The van der Waals surface area contributed by atoms with Crippen LogP contribution in [0.15, 0.2) is 12.3 Å². The lowest BCUT2D eigenvalue weighted by atomic mass is 10.2. The maximum absolute atomic E-state index is 5.24. The van der Waals surface area contributed by atoms with Gasteiger partial charge in [0.1, 0.15) is 5.82 Å². The number of nitrogens with one attached hydrogen (secondary N) is 1. The Morgan fingerprint density at radius 1 is 1.47 bits per heavy atom. The van der Waals surface area contributed by atoms with Gasteiger partial charge in [0.2, 0.25) is 0 Å². The van der Waals surface area contributed by atoms with E-state index in [1.54, 1.807) is 0 Å². The van der Waals surface area contributed by atoms with E-state index < -0.39 is 0 Å². The van der Waals surface area contributed by atoms with Gasteiger partial charge in [-0.2, -0.15) is 10.2 Å². The molecule has 0 aliphatic carbocycles. The van der Waals surface area contributed by atoms with Gasteiger partial charge in [0, 0.05) is 37.8 Å². The molecule has 0 radical (unpaired) electrons. The van der Waals surface area contributed by atoms with Crippen LogP contribution in [0, 0.1) is 4.77 Å². The molecule has 17 heavy (non-hydrogen) atoms. The van der Waals surface area contributed by atoms with E-state index in [0.717, 1.165) is 18.8 Å². The third-order valence-electron chi connectivity index (χ3n) is 2.82. The van der Waals surface area contributed by atoms with Gasteiger partial charge in [0.25, 0.3) is 0 Å². The van der Waals surface area contributed by atoms with Crippen molar-refractivity contribution in [2.24, 2.45) is 7.05 Å². The summed E-state index contributed by atoms with van der Waals surface area (Å²) in [4.78, 5) is 0. The number of rotatable bonds is 4. The average Bonchev–Trinajstić information content (AvgIpc) is 2.82. The van der Waals surface area contributed by atoms with E-state index >= 15 is 0 Å². The zero-order chi connectivity index (χ0) is 12.4. The predicted molar refractivity (Wildman–Crippen MR) is 68.4 cm³/mol. The molecule has 2 aromatic rings. The van der Waals surface area contributed by atoms with Crippen LogP contribution in [-0.4, -0.2) is 24.5 Å². The molecule has 5 nitrogen and oxygen atoms in total. The van der Waals surface area contributed by atoms with Crippen LogP contribution >= 0.6 is 12.2 Å². The summed E-state index contributed by atoms with van der Waals surface area (Å²) in [6, 6.07) is 2.03. The Hall–Kier alpha value is -1.43. The largest absolute Gasteiger partial charge is 0.304 e. The first-order valence-corrected chi connectivity index (χ1v) is 6.12. The minimum absolute atomic E-state index is 0.370. The Morgan fingerprint density at radius 3 is 2.82 bits per heavy atom. The summed E-state index contributed by atoms with van der Waals surface area (Å²) in [6.07, 6.45) is 2.72. The molecule has 6 heteroatoms. The van der Waals surface area contributed by atoms with Crippen molar-refractivity contribution in [3.05, 3.63) is 28.6 Å². The molecule has 0 aliphatic heterocycles. The molecule has 2 rings (SSSR count). The van der Waals surface area contributed by atoms with Crippen LogP contribution in [0.4, 0.5) is 0 Å². The maximum Gasteiger partial charge on any atom is 0.195 e. The second kappa shape index (κ2) is 4.83. The van der Waals surface area contributed by atoms with Crippen molar-refractivity contribution in [1.29, 1.82) is 0 Å². The number of hydrogen-bond donors (Lipinski definition) is 1. The minimum Gasteiger partial charge on any atom is -0.304 e. The fourth-order valence-electron chi connectivity index (χ4n) is 1.86. The lowest BCUT2D eigenvalue weighted by Gasteiger charge is -2.09. The van der Waals surface area contributed by atoms with Crippen LogP contribution in [0.2, 0.25) is 0 Å². The molecular formula is C11H17N5S. The molecule has 0 bridgehead atoms. The highest BCUT2D eigenvalue weighted by Crippen LogP contribution is 2.12. The van der Waals surface area contributed by atoms with Gasteiger partial charge in [0.05, 0.1) is 0 Å². The summed E-state index contributed by atoms with van der Waals surface area (Å²) in [5.41, 5.74) is 1.20. The molecule has 2 aromatic heterocycles. The van der Waals surface area contributed by atoms with Gasteiger partial charge >= 0.3 is 0 Å². The Morgan fingerprint density at radius 2 is 2.24 bits per heavy atom. The number of nitrogens with zero attached hydrogens (tertiary/aromatic N) is 4. The maximum atomic E-state index is 5.24. The van der Waals surface area contributed by atoms with E-state index in [1.807, 2.05) is 24.0 Å². The quantitative estimate of drug-likeness (QED) is 0.846. The molecule has 0 aromatic carbocycles. The molecule has 0 spiro atoms. The first-order valence-electron chi connectivity index (χ1n) is 5.71. The van der Waals surface area contributed by atoms with Crippen molar-refractivity contribution in [1.82, 2.24) is 24.5 Å². The van der Waals surface area contributed by atoms with Crippen LogP contribution in [0.1, 0.15) is 31.3 Å². The van der Waals surface area contributed by atoms with Gasteiger partial charge < -0.3 is 4.57 Å². The molecule has 92 valence electrons. The molecule has 0 fully saturated rings. The van der Waals surface area contributed by atoms with Crippen molar-refractivity contribution < 1.29 is 0 Å². The molecular weight excluding hydrogens is 234 g/mol. The molecule has 0 amide bonds. The summed E-state index contributed by atoms with van der Waals surface area (Å²) in [5.74, 6) is 1.38. The fourth-order valence-corrected chi connectivity index (χ4v) is 2.09. The Bertz CT molecular complexity index is 548. The van der Waals surface area contributed by atoms with E-state index in [9.17, 15) is 0 Å². The molecule has 1 N–H and O–H groups in total. The summed E-state index contributed by atoms with van der Waals surface area (Å²) >= 11 is 5.24. The van der Waals surface area contributed by atoms with E-state index in [2.05, 4.69) is 33.7 Å². The van der Waals surface area contributed by atoms with Crippen LogP contribution in [0.5, 0.6) is 0 Å². The zero-order valence-corrected chi connectivity index (χ0v) is 11.2. The lowest BCUT2D eigenvalue weighted by molar-refractivity contribution is 0.590. The topological polar surface area (TPSA) is 51.4 Å². The highest BCUT2D eigenvalue weighted by atomic mass is 32.1. The molecule has 0 atom stereocenters. The number of H-pyrrole nitrogens is 1. The molecule has 2 heterocycles. The summed E-state index contributed by atoms with van der Waals surface area (Å²) < 4.78 is 4.64. The monoisotopic (exact) mass is 251 g/mol. The Kier molecular flexibility index (Phi) is 3.42.